The summed E-state index contributed by atoms with van der Waals surface area (Å²) in [6, 6.07) is 12.6. The SMILES string of the molecule is O=C1CC2(CCN(Cc3cccc(OC(F)F)c3)CC2)n2nccc2N1Cc1ccncc1. The van der Waals surface area contributed by atoms with E-state index >= 15 is 0 Å². The predicted molar refractivity (Wildman–Crippen MR) is 118 cm³/mol. The van der Waals surface area contributed by atoms with E-state index in [-0.39, 0.29) is 17.2 Å². The fraction of sp³-hybridized carbons (Fsp3) is 0.375. The Morgan fingerprint density at radius 3 is 2.55 bits per heavy atom. The van der Waals surface area contributed by atoms with Gasteiger partial charge in [0, 0.05) is 38.1 Å². The zero-order valence-corrected chi connectivity index (χ0v) is 18.1. The summed E-state index contributed by atoms with van der Waals surface area (Å²) in [6.45, 7) is -0.120. The van der Waals surface area contributed by atoms with Crippen molar-refractivity contribution in [2.45, 2.75) is 44.5 Å². The number of alkyl halides is 2. The molecule has 7 nitrogen and oxygen atoms in total. The van der Waals surface area contributed by atoms with Crippen molar-refractivity contribution in [1.82, 2.24) is 19.7 Å². The van der Waals surface area contributed by atoms with Crippen LogP contribution in [0, 0.1) is 0 Å². The molecule has 0 radical (unpaired) electrons. The van der Waals surface area contributed by atoms with E-state index in [0.29, 0.717) is 19.5 Å². The number of rotatable bonds is 6. The molecule has 0 aliphatic carbocycles. The Morgan fingerprint density at radius 1 is 1.00 bits per heavy atom. The number of ether oxygens (including phenoxy) is 1. The van der Waals surface area contributed by atoms with Gasteiger partial charge >= 0.3 is 6.61 Å². The van der Waals surface area contributed by atoms with Crippen LogP contribution in [0.15, 0.2) is 61.1 Å². The van der Waals surface area contributed by atoms with Crippen LogP contribution in [0.3, 0.4) is 0 Å². The van der Waals surface area contributed by atoms with Gasteiger partial charge in [0.05, 0.1) is 24.7 Å². The van der Waals surface area contributed by atoms with Crippen LogP contribution in [0.5, 0.6) is 5.75 Å². The number of hydrogen-bond donors (Lipinski definition) is 0. The molecule has 9 heteroatoms. The van der Waals surface area contributed by atoms with Crippen molar-refractivity contribution in [1.29, 1.82) is 0 Å². The first-order valence-electron chi connectivity index (χ1n) is 11.0. The molecule has 2 aliphatic heterocycles. The van der Waals surface area contributed by atoms with Crippen LogP contribution >= 0.6 is 0 Å². The summed E-state index contributed by atoms with van der Waals surface area (Å²) in [5.41, 5.74) is 1.61. The lowest BCUT2D eigenvalue weighted by Crippen LogP contribution is -2.53. The third-order valence-electron chi connectivity index (χ3n) is 6.54. The highest BCUT2D eigenvalue weighted by Crippen LogP contribution is 2.41. The predicted octanol–water partition coefficient (Wildman–Crippen LogP) is 3.81. The molecular formula is C24H25F2N5O2. The van der Waals surface area contributed by atoms with Gasteiger partial charge in [-0.15, -0.1) is 0 Å². The van der Waals surface area contributed by atoms with Crippen LogP contribution in [0.2, 0.25) is 0 Å². The average molecular weight is 453 g/mol. The molecule has 1 spiro atoms. The van der Waals surface area contributed by atoms with Crippen LogP contribution < -0.4 is 9.64 Å². The summed E-state index contributed by atoms with van der Waals surface area (Å²) in [7, 11) is 0. The number of likely N-dealkylation sites (tertiary alicyclic amines) is 1. The van der Waals surface area contributed by atoms with Crippen LogP contribution in [-0.4, -0.2) is 45.3 Å². The number of carbonyl (C=O) groups excluding carboxylic acids is 1. The van der Waals surface area contributed by atoms with Gasteiger partial charge in [-0.2, -0.15) is 13.9 Å². The van der Waals surface area contributed by atoms with E-state index in [2.05, 4.69) is 19.7 Å². The van der Waals surface area contributed by atoms with Crippen LogP contribution in [0.4, 0.5) is 14.6 Å². The molecule has 4 heterocycles. The van der Waals surface area contributed by atoms with Gasteiger partial charge in [-0.05, 0) is 48.2 Å². The van der Waals surface area contributed by atoms with E-state index in [9.17, 15) is 13.6 Å². The fourth-order valence-electron chi connectivity index (χ4n) is 4.88. The molecule has 33 heavy (non-hydrogen) atoms. The first kappa shape index (κ1) is 21.5. The molecule has 2 aliphatic rings. The number of pyridine rings is 1. The van der Waals surface area contributed by atoms with Crippen molar-refractivity contribution in [3.63, 3.8) is 0 Å². The Morgan fingerprint density at radius 2 is 1.79 bits per heavy atom. The van der Waals surface area contributed by atoms with Gasteiger partial charge < -0.3 is 4.74 Å². The molecule has 0 N–H and O–H groups in total. The fourth-order valence-corrected chi connectivity index (χ4v) is 4.88. The lowest BCUT2D eigenvalue weighted by Gasteiger charge is -2.46. The van der Waals surface area contributed by atoms with Crippen LogP contribution in [-0.2, 0) is 23.4 Å². The smallest absolute Gasteiger partial charge is 0.387 e. The zero-order chi connectivity index (χ0) is 22.8. The molecule has 1 aromatic carbocycles. The highest BCUT2D eigenvalue weighted by Gasteiger charge is 2.45. The zero-order valence-electron chi connectivity index (χ0n) is 18.1. The number of hydrogen-bond acceptors (Lipinski definition) is 5. The molecule has 0 saturated carbocycles. The molecule has 0 unspecified atom stereocenters. The molecule has 1 fully saturated rings. The normalized spacial score (nSPS) is 18.0. The van der Waals surface area contributed by atoms with E-state index in [4.69, 9.17) is 0 Å². The number of benzene rings is 1. The summed E-state index contributed by atoms with van der Waals surface area (Å²) in [6.07, 6.45) is 7.23. The largest absolute Gasteiger partial charge is 0.435 e. The molecule has 2 aromatic heterocycles. The maximum absolute atomic E-state index is 13.2. The Balaban J connectivity index is 1.28. The number of anilines is 1. The monoisotopic (exact) mass is 453 g/mol. The summed E-state index contributed by atoms with van der Waals surface area (Å²) in [5, 5.41) is 4.61. The van der Waals surface area contributed by atoms with Gasteiger partial charge in [-0.25, -0.2) is 4.68 Å². The second kappa shape index (κ2) is 8.90. The van der Waals surface area contributed by atoms with Crippen molar-refractivity contribution in [3.8, 4) is 5.75 Å². The van der Waals surface area contributed by atoms with Crippen molar-refractivity contribution in [2.24, 2.45) is 0 Å². The lowest BCUT2D eigenvalue weighted by atomic mass is 9.82. The maximum Gasteiger partial charge on any atom is 0.387 e. The number of amides is 1. The van der Waals surface area contributed by atoms with Gasteiger partial charge in [-0.3, -0.25) is 19.6 Å². The van der Waals surface area contributed by atoms with Gasteiger partial charge in [0.25, 0.3) is 0 Å². The third-order valence-corrected chi connectivity index (χ3v) is 6.54. The van der Waals surface area contributed by atoms with Crippen molar-refractivity contribution < 1.29 is 18.3 Å². The first-order valence-corrected chi connectivity index (χ1v) is 11.0. The Bertz CT molecular complexity index is 1110. The highest BCUT2D eigenvalue weighted by molar-refractivity contribution is 5.94. The summed E-state index contributed by atoms with van der Waals surface area (Å²) in [5.74, 6) is 1.10. The van der Waals surface area contributed by atoms with Gasteiger partial charge in [0.15, 0.2) is 0 Å². The molecule has 5 rings (SSSR count). The van der Waals surface area contributed by atoms with Gasteiger partial charge in [-0.1, -0.05) is 12.1 Å². The minimum Gasteiger partial charge on any atom is -0.435 e. The first-order chi connectivity index (χ1) is 16.0. The van der Waals surface area contributed by atoms with Gasteiger partial charge in [0.1, 0.15) is 11.6 Å². The van der Waals surface area contributed by atoms with E-state index in [1.54, 1.807) is 35.6 Å². The van der Waals surface area contributed by atoms with Crippen molar-refractivity contribution >= 4 is 11.7 Å². The average Bonchev–Trinajstić information content (AvgIpc) is 3.30. The Labute approximate surface area is 190 Å². The summed E-state index contributed by atoms with van der Waals surface area (Å²) in [4.78, 5) is 21.3. The quantitative estimate of drug-likeness (QED) is 0.568. The standard InChI is InChI=1S/C24H25F2N5O2/c25-23(26)33-20-3-1-2-19(14-20)16-29-12-7-24(8-13-29)15-22(32)30(21-6-11-28-31(21)24)17-18-4-9-27-10-5-18/h1-6,9-11,14,23H,7-8,12-13,15-17H2. The van der Waals surface area contributed by atoms with Crippen LogP contribution in [0.25, 0.3) is 0 Å². The molecular weight excluding hydrogens is 428 g/mol. The molecule has 172 valence electrons. The Kier molecular flexibility index (Phi) is 5.80. The maximum atomic E-state index is 13.2. The molecule has 1 saturated heterocycles. The highest BCUT2D eigenvalue weighted by atomic mass is 19.3. The van der Waals surface area contributed by atoms with E-state index in [1.807, 2.05) is 28.9 Å². The Hall–Kier alpha value is -3.33. The molecule has 0 atom stereocenters. The number of aromatic nitrogens is 3. The molecule has 1 amide bonds. The van der Waals surface area contributed by atoms with Gasteiger partial charge in [0.2, 0.25) is 5.91 Å². The van der Waals surface area contributed by atoms with E-state index < -0.39 is 6.61 Å². The van der Waals surface area contributed by atoms with Crippen molar-refractivity contribution in [3.05, 3.63) is 72.2 Å². The number of nitrogens with zero attached hydrogens (tertiary/aromatic N) is 5. The second-order valence-electron chi connectivity index (χ2n) is 8.64. The summed E-state index contributed by atoms with van der Waals surface area (Å²) >= 11 is 0. The molecule has 3 aromatic rings. The van der Waals surface area contributed by atoms with E-state index in [1.165, 1.54) is 6.07 Å². The second-order valence-corrected chi connectivity index (χ2v) is 8.64. The van der Waals surface area contributed by atoms with Crippen molar-refractivity contribution in [2.75, 3.05) is 18.0 Å². The topological polar surface area (TPSA) is 63.5 Å². The number of fused-ring (bicyclic) bond motifs is 2. The lowest BCUT2D eigenvalue weighted by molar-refractivity contribution is -0.123. The summed E-state index contributed by atoms with van der Waals surface area (Å²) < 4.78 is 31.6. The van der Waals surface area contributed by atoms with Crippen LogP contribution in [0.1, 0.15) is 30.4 Å². The minimum absolute atomic E-state index is 0.102. The number of piperidine rings is 1. The third kappa shape index (κ3) is 4.45. The number of carbonyl (C=O) groups is 1. The number of halogens is 2. The van der Waals surface area contributed by atoms with E-state index in [0.717, 1.165) is 42.9 Å². The minimum atomic E-state index is -2.83. The molecule has 0 bridgehead atoms.